The van der Waals surface area contributed by atoms with E-state index in [0.29, 0.717) is 0 Å². The molecule has 0 unspecified atom stereocenters. The van der Waals surface area contributed by atoms with Gasteiger partial charge in [-0.2, -0.15) is 0 Å². The van der Waals surface area contributed by atoms with E-state index in [1.54, 1.807) is 0 Å². The Hall–Kier alpha value is -0.0800. The SMILES string of the molecule is CCN1CC2(CC(NC3CC3)C2)C1. The van der Waals surface area contributed by atoms with Crippen LogP contribution >= 0.6 is 0 Å². The highest BCUT2D eigenvalue weighted by Gasteiger charge is 2.52. The van der Waals surface area contributed by atoms with Gasteiger partial charge in [-0.3, -0.25) is 0 Å². The summed E-state index contributed by atoms with van der Waals surface area (Å²) in [6.07, 6.45) is 5.79. The lowest BCUT2D eigenvalue weighted by molar-refractivity contribution is -0.0761. The smallest absolute Gasteiger partial charge is 0.00821 e. The molecule has 1 heterocycles. The van der Waals surface area contributed by atoms with Crippen molar-refractivity contribution < 1.29 is 0 Å². The summed E-state index contributed by atoms with van der Waals surface area (Å²) in [6.45, 7) is 6.28. The van der Waals surface area contributed by atoms with Gasteiger partial charge in [-0.1, -0.05) is 6.92 Å². The van der Waals surface area contributed by atoms with E-state index in [1.165, 1.54) is 45.3 Å². The van der Waals surface area contributed by atoms with Crippen LogP contribution in [0.3, 0.4) is 0 Å². The van der Waals surface area contributed by atoms with Gasteiger partial charge in [0.1, 0.15) is 0 Å². The van der Waals surface area contributed by atoms with Crippen LogP contribution in [-0.2, 0) is 0 Å². The summed E-state index contributed by atoms with van der Waals surface area (Å²) < 4.78 is 0. The second-order valence-corrected chi connectivity index (χ2v) is 5.35. The Morgan fingerprint density at radius 1 is 1.23 bits per heavy atom. The van der Waals surface area contributed by atoms with Crippen molar-refractivity contribution in [3.05, 3.63) is 0 Å². The van der Waals surface area contributed by atoms with E-state index in [0.717, 1.165) is 17.5 Å². The molecule has 1 N–H and O–H groups in total. The second-order valence-electron chi connectivity index (χ2n) is 5.35. The number of nitrogens with zero attached hydrogens (tertiary/aromatic N) is 1. The molecule has 0 aromatic rings. The van der Waals surface area contributed by atoms with Crippen LogP contribution in [-0.4, -0.2) is 36.6 Å². The van der Waals surface area contributed by atoms with E-state index < -0.39 is 0 Å². The van der Waals surface area contributed by atoms with Gasteiger partial charge >= 0.3 is 0 Å². The standard InChI is InChI=1S/C11H20N2/c1-2-13-7-11(8-13)5-10(6-11)12-9-3-4-9/h9-10,12H,2-8H2,1H3. The molecule has 2 saturated carbocycles. The lowest BCUT2D eigenvalue weighted by Gasteiger charge is -2.59. The normalized spacial score (nSPS) is 33.0. The molecule has 0 amide bonds. The maximum Gasteiger partial charge on any atom is 0.00821 e. The number of hydrogen-bond acceptors (Lipinski definition) is 2. The Kier molecular flexibility index (Phi) is 1.72. The molecule has 3 aliphatic rings. The zero-order valence-corrected chi connectivity index (χ0v) is 8.55. The summed E-state index contributed by atoms with van der Waals surface area (Å²) in [7, 11) is 0. The van der Waals surface area contributed by atoms with Gasteiger partial charge in [-0.25, -0.2) is 0 Å². The first-order valence-corrected chi connectivity index (χ1v) is 5.78. The average Bonchev–Trinajstić information content (AvgIpc) is 2.74. The first-order chi connectivity index (χ1) is 6.30. The lowest BCUT2D eigenvalue weighted by Crippen LogP contribution is -2.66. The molecule has 13 heavy (non-hydrogen) atoms. The maximum atomic E-state index is 3.73. The third-order valence-electron chi connectivity index (χ3n) is 3.97. The molecular formula is C11H20N2. The van der Waals surface area contributed by atoms with E-state index in [2.05, 4.69) is 17.1 Å². The molecule has 0 aromatic carbocycles. The van der Waals surface area contributed by atoms with E-state index in [4.69, 9.17) is 0 Å². The minimum atomic E-state index is 0.766. The van der Waals surface area contributed by atoms with Crippen LogP contribution in [0.25, 0.3) is 0 Å². The molecule has 1 aliphatic heterocycles. The quantitative estimate of drug-likeness (QED) is 0.702. The summed E-state index contributed by atoms with van der Waals surface area (Å²) in [4.78, 5) is 2.56. The summed E-state index contributed by atoms with van der Waals surface area (Å²) in [5.74, 6) is 0. The topological polar surface area (TPSA) is 15.3 Å². The molecule has 0 atom stereocenters. The molecule has 0 radical (unpaired) electrons. The number of rotatable bonds is 3. The Labute approximate surface area is 80.7 Å². The van der Waals surface area contributed by atoms with Crippen LogP contribution < -0.4 is 5.32 Å². The van der Waals surface area contributed by atoms with Crippen molar-refractivity contribution in [1.82, 2.24) is 10.2 Å². The first-order valence-electron chi connectivity index (χ1n) is 5.78. The second kappa shape index (κ2) is 2.71. The molecule has 2 nitrogen and oxygen atoms in total. The van der Waals surface area contributed by atoms with Crippen molar-refractivity contribution in [2.24, 2.45) is 5.41 Å². The molecule has 3 fully saturated rings. The Bertz CT molecular complexity index is 196. The van der Waals surface area contributed by atoms with Crippen molar-refractivity contribution in [2.45, 2.75) is 44.7 Å². The Morgan fingerprint density at radius 2 is 1.92 bits per heavy atom. The van der Waals surface area contributed by atoms with Gasteiger partial charge in [0, 0.05) is 25.2 Å². The van der Waals surface area contributed by atoms with Crippen molar-refractivity contribution in [3.63, 3.8) is 0 Å². The van der Waals surface area contributed by atoms with Gasteiger partial charge in [0.15, 0.2) is 0 Å². The van der Waals surface area contributed by atoms with Crippen LogP contribution in [0.5, 0.6) is 0 Å². The number of nitrogens with one attached hydrogen (secondary N) is 1. The summed E-state index contributed by atoms with van der Waals surface area (Å²) >= 11 is 0. The highest BCUT2D eigenvalue weighted by Crippen LogP contribution is 2.48. The van der Waals surface area contributed by atoms with Crippen molar-refractivity contribution in [2.75, 3.05) is 19.6 Å². The lowest BCUT2D eigenvalue weighted by atomic mass is 9.60. The monoisotopic (exact) mass is 180 g/mol. The van der Waals surface area contributed by atoms with Gasteiger partial charge in [0.25, 0.3) is 0 Å². The van der Waals surface area contributed by atoms with E-state index >= 15 is 0 Å². The molecule has 2 heteroatoms. The van der Waals surface area contributed by atoms with Gasteiger partial charge < -0.3 is 10.2 Å². The Balaban J connectivity index is 1.42. The van der Waals surface area contributed by atoms with Crippen molar-refractivity contribution in [1.29, 1.82) is 0 Å². The molecule has 3 rings (SSSR count). The van der Waals surface area contributed by atoms with Gasteiger partial charge in [0.05, 0.1) is 0 Å². The van der Waals surface area contributed by atoms with E-state index in [9.17, 15) is 0 Å². The number of hydrogen-bond donors (Lipinski definition) is 1. The molecule has 1 saturated heterocycles. The largest absolute Gasteiger partial charge is 0.311 e. The third kappa shape index (κ3) is 1.40. The Morgan fingerprint density at radius 3 is 2.46 bits per heavy atom. The van der Waals surface area contributed by atoms with Crippen molar-refractivity contribution in [3.8, 4) is 0 Å². The fourth-order valence-electron chi connectivity index (χ4n) is 3.07. The predicted molar refractivity (Wildman–Crippen MR) is 53.7 cm³/mol. The minimum absolute atomic E-state index is 0.766. The molecule has 74 valence electrons. The van der Waals surface area contributed by atoms with Gasteiger partial charge in [-0.05, 0) is 37.6 Å². The zero-order chi connectivity index (χ0) is 8.89. The fraction of sp³-hybridized carbons (Fsp3) is 1.00. The van der Waals surface area contributed by atoms with Gasteiger partial charge in [0.2, 0.25) is 0 Å². The van der Waals surface area contributed by atoms with Gasteiger partial charge in [-0.15, -0.1) is 0 Å². The van der Waals surface area contributed by atoms with Crippen molar-refractivity contribution >= 4 is 0 Å². The number of likely N-dealkylation sites (tertiary alicyclic amines) is 1. The summed E-state index contributed by atoms with van der Waals surface area (Å²) in [5.41, 5.74) is 0.766. The molecule has 0 aromatic heterocycles. The molecule has 2 aliphatic carbocycles. The first kappa shape index (κ1) is 8.25. The zero-order valence-electron chi connectivity index (χ0n) is 8.55. The predicted octanol–water partition coefficient (Wildman–Crippen LogP) is 1.22. The van der Waals surface area contributed by atoms with Crippen LogP contribution in [0.1, 0.15) is 32.6 Å². The minimum Gasteiger partial charge on any atom is -0.311 e. The summed E-state index contributed by atoms with van der Waals surface area (Å²) in [6, 6.07) is 1.79. The molecule has 0 bridgehead atoms. The molecule has 1 spiro atoms. The van der Waals surface area contributed by atoms with E-state index in [-0.39, 0.29) is 0 Å². The van der Waals surface area contributed by atoms with Crippen LogP contribution in [0, 0.1) is 5.41 Å². The highest BCUT2D eigenvalue weighted by molar-refractivity contribution is 5.07. The fourth-order valence-corrected chi connectivity index (χ4v) is 3.07. The van der Waals surface area contributed by atoms with Crippen LogP contribution in [0.2, 0.25) is 0 Å². The van der Waals surface area contributed by atoms with Crippen LogP contribution in [0.4, 0.5) is 0 Å². The summed E-state index contributed by atoms with van der Waals surface area (Å²) in [5, 5.41) is 3.73. The highest BCUT2D eigenvalue weighted by atomic mass is 15.2. The average molecular weight is 180 g/mol. The van der Waals surface area contributed by atoms with Crippen LogP contribution in [0.15, 0.2) is 0 Å². The maximum absolute atomic E-state index is 3.73. The third-order valence-corrected chi connectivity index (χ3v) is 3.97. The molecular weight excluding hydrogens is 160 g/mol. The van der Waals surface area contributed by atoms with E-state index in [1.807, 2.05) is 0 Å².